The molecule has 0 aliphatic heterocycles. The number of benzene rings is 1. The van der Waals surface area contributed by atoms with Crippen molar-refractivity contribution in [3.8, 4) is 0 Å². The third kappa shape index (κ3) is 1.25. The number of halogens is 1. The number of aromatic amines is 1. The quantitative estimate of drug-likeness (QED) is 0.683. The summed E-state index contributed by atoms with van der Waals surface area (Å²) in [5.74, 6) is -1.16. The zero-order chi connectivity index (χ0) is 12.0. The maximum atomic E-state index is 13.6. The lowest BCUT2D eigenvalue weighted by Gasteiger charge is -2.04. The summed E-state index contributed by atoms with van der Waals surface area (Å²) in [6.07, 6.45) is 0. The van der Waals surface area contributed by atoms with Gasteiger partial charge in [-0.05, 0) is 25.5 Å². The molecule has 0 saturated heterocycles. The summed E-state index contributed by atoms with van der Waals surface area (Å²) in [6.45, 7) is 3.38. The van der Waals surface area contributed by atoms with Crippen molar-refractivity contribution in [1.29, 1.82) is 0 Å². The SMILES string of the molecule is Cc1[nH]c2c(C(N)=O)cc(F)c(C)c2c1N. The third-order valence-electron chi connectivity index (χ3n) is 2.77. The van der Waals surface area contributed by atoms with Crippen molar-refractivity contribution in [2.24, 2.45) is 5.73 Å². The lowest BCUT2D eigenvalue weighted by molar-refractivity contribution is 0.100. The minimum absolute atomic E-state index is 0.123. The molecule has 1 aromatic carbocycles. The van der Waals surface area contributed by atoms with Gasteiger partial charge in [-0.25, -0.2) is 4.39 Å². The van der Waals surface area contributed by atoms with E-state index in [0.29, 0.717) is 27.8 Å². The number of hydrogen-bond acceptors (Lipinski definition) is 2. The Kier molecular flexibility index (Phi) is 2.11. The summed E-state index contributed by atoms with van der Waals surface area (Å²) in [6, 6.07) is 1.13. The number of fused-ring (bicyclic) bond motifs is 1. The van der Waals surface area contributed by atoms with Crippen LogP contribution in [0.1, 0.15) is 21.6 Å². The topological polar surface area (TPSA) is 84.9 Å². The van der Waals surface area contributed by atoms with Crippen LogP contribution in [0.5, 0.6) is 0 Å². The Morgan fingerprint density at radius 1 is 1.44 bits per heavy atom. The number of nitrogens with two attached hydrogens (primary N) is 2. The number of rotatable bonds is 1. The number of amides is 1. The summed E-state index contributed by atoms with van der Waals surface area (Å²) in [4.78, 5) is 14.1. The number of H-pyrrole nitrogens is 1. The minimum atomic E-state index is -0.676. The van der Waals surface area contributed by atoms with Crippen LogP contribution in [0, 0.1) is 19.7 Å². The van der Waals surface area contributed by atoms with E-state index >= 15 is 0 Å². The summed E-state index contributed by atoms with van der Waals surface area (Å²) in [7, 11) is 0. The number of carbonyl (C=O) groups excluding carboxylic acids is 1. The minimum Gasteiger partial charge on any atom is -0.397 e. The van der Waals surface area contributed by atoms with Gasteiger partial charge in [0.1, 0.15) is 5.82 Å². The molecule has 0 fully saturated rings. The molecule has 0 radical (unpaired) electrons. The number of nitrogens with one attached hydrogen (secondary N) is 1. The number of anilines is 1. The highest BCUT2D eigenvalue weighted by Gasteiger charge is 2.17. The Morgan fingerprint density at radius 2 is 2.06 bits per heavy atom. The van der Waals surface area contributed by atoms with Crippen LogP contribution in [0.4, 0.5) is 10.1 Å². The number of hydrogen-bond donors (Lipinski definition) is 3. The molecule has 2 rings (SSSR count). The average Bonchev–Trinajstić information content (AvgIpc) is 2.49. The maximum Gasteiger partial charge on any atom is 0.250 e. The van der Waals surface area contributed by atoms with E-state index in [9.17, 15) is 9.18 Å². The van der Waals surface area contributed by atoms with Gasteiger partial charge in [-0.3, -0.25) is 4.79 Å². The van der Waals surface area contributed by atoms with Crippen LogP contribution in [0.3, 0.4) is 0 Å². The van der Waals surface area contributed by atoms with E-state index in [4.69, 9.17) is 11.5 Å². The van der Waals surface area contributed by atoms with Crippen LogP contribution in [-0.4, -0.2) is 10.9 Å². The molecule has 0 aliphatic carbocycles. The molecule has 1 heterocycles. The molecule has 5 N–H and O–H groups in total. The highest BCUT2D eigenvalue weighted by atomic mass is 19.1. The van der Waals surface area contributed by atoms with E-state index in [0.717, 1.165) is 6.07 Å². The van der Waals surface area contributed by atoms with E-state index in [1.54, 1.807) is 13.8 Å². The summed E-state index contributed by atoms with van der Waals surface area (Å²) in [5.41, 5.74) is 13.2. The van der Waals surface area contributed by atoms with Crippen LogP contribution in [0.2, 0.25) is 0 Å². The Hall–Kier alpha value is -2.04. The van der Waals surface area contributed by atoms with Gasteiger partial charge in [0.2, 0.25) is 0 Å². The first-order valence-electron chi connectivity index (χ1n) is 4.80. The number of aromatic nitrogens is 1. The number of primary amides is 1. The van der Waals surface area contributed by atoms with Crippen molar-refractivity contribution in [2.75, 3.05) is 5.73 Å². The zero-order valence-corrected chi connectivity index (χ0v) is 9.02. The van der Waals surface area contributed by atoms with Gasteiger partial charge in [0.25, 0.3) is 5.91 Å². The first-order valence-corrected chi connectivity index (χ1v) is 4.80. The van der Waals surface area contributed by atoms with Crippen LogP contribution in [-0.2, 0) is 0 Å². The fourth-order valence-electron chi connectivity index (χ4n) is 1.85. The summed E-state index contributed by atoms with van der Waals surface area (Å²) < 4.78 is 13.6. The van der Waals surface area contributed by atoms with E-state index in [1.165, 1.54) is 0 Å². The largest absolute Gasteiger partial charge is 0.397 e. The highest BCUT2D eigenvalue weighted by Crippen LogP contribution is 2.31. The number of carbonyl (C=O) groups is 1. The second-order valence-electron chi connectivity index (χ2n) is 3.81. The van der Waals surface area contributed by atoms with Crippen molar-refractivity contribution < 1.29 is 9.18 Å². The van der Waals surface area contributed by atoms with Crippen molar-refractivity contribution in [3.05, 3.63) is 28.7 Å². The third-order valence-corrected chi connectivity index (χ3v) is 2.77. The van der Waals surface area contributed by atoms with Gasteiger partial charge >= 0.3 is 0 Å². The van der Waals surface area contributed by atoms with Crippen molar-refractivity contribution in [1.82, 2.24) is 4.98 Å². The molecule has 1 amide bonds. The van der Waals surface area contributed by atoms with Gasteiger partial charge in [-0.2, -0.15) is 0 Å². The summed E-state index contributed by atoms with van der Waals surface area (Å²) >= 11 is 0. The molecule has 0 atom stereocenters. The molecule has 5 heteroatoms. The molecule has 16 heavy (non-hydrogen) atoms. The van der Waals surface area contributed by atoms with Gasteiger partial charge in [-0.1, -0.05) is 0 Å². The molecule has 0 aliphatic rings. The Bertz CT molecular complexity index is 601. The van der Waals surface area contributed by atoms with Crippen LogP contribution < -0.4 is 11.5 Å². The van der Waals surface area contributed by atoms with Crippen molar-refractivity contribution >= 4 is 22.5 Å². The average molecular weight is 221 g/mol. The predicted octanol–water partition coefficient (Wildman–Crippen LogP) is 1.60. The van der Waals surface area contributed by atoms with E-state index < -0.39 is 11.7 Å². The molecule has 1 aromatic heterocycles. The first-order chi connectivity index (χ1) is 7.43. The normalized spacial score (nSPS) is 10.9. The van der Waals surface area contributed by atoms with Crippen molar-refractivity contribution in [3.63, 3.8) is 0 Å². The molecule has 2 aromatic rings. The van der Waals surface area contributed by atoms with Gasteiger partial charge in [0, 0.05) is 11.1 Å². The van der Waals surface area contributed by atoms with Gasteiger partial charge in [0.15, 0.2) is 0 Å². The molecule has 0 unspecified atom stereocenters. The first kappa shape index (κ1) is 10.5. The van der Waals surface area contributed by atoms with Gasteiger partial charge in [0.05, 0.1) is 16.8 Å². The Morgan fingerprint density at radius 3 is 2.62 bits per heavy atom. The smallest absolute Gasteiger partial charge is 0.250 e. The molecular formula is C11H12FN3O. The molecule has 4 nitrogen and oxygen atoms in total. The Labute approximate surface area is 91.4 Å². The van der Waals surface area contributed by atoms with Crippen LogP contribution in [0.15, 0.2) is 6.07 Å². The lowest BCUT2D eigenvalue weighted by atomic mass is 10.0. The van der Waals surface area contributed by atoms with Crippen LogP contribution in [0.25, 0.3) is 10.9 Å². The number of aryl methyl sites for hydroxylation is 2. The highest BCUT2D eigenvalue weighted by molar-refractivity contribution is 6.09. The molecule has 0 bridgehead atoms. The van der Waals surface area contributed by atoms with Crippen LogP contribution >= 0.6 is 0 Å². The Balaban J connectivity index is 3.01. The molecular weight excluding hydrogens is 209 g/mol. The van der Waals surface area contributed by atoms with Crippen molar-refractivity contribution in [2.45, 2.75) is 13.8 Å². The molecule has 0 saturated carbocycles. The molecule has 0 spiro atoms. The maximum absolute atomic E-state index is 13.6. The van der Waals surface area contributed by atoms with E-state index in [1.807, 2.05) is 0 Å². The number of nitrogen functional groups attached to an aromatic ring is 1. The second kappa shape index (κ2) is 3.23. The van der Waals surface area contributed by atoms with Gasteiger partial charge in [-0.15, -0.1) is 0 Å². The van der Waals surface area contributed by atoms with Gasteiger partial charge < -0.3 is 16.5 Å². The summed E-state index contributed by atoms with van der Waals surface area (Å²) in [5, 5.41) is 0.534. The second-order valence-corrected chi connectivity index (χ2v) is 3.81. The predicted molar refractivity (Wildman–Crippen MR) is 60.7 cm³/mol. The fourth-order valence-corrected chi connectivity index (χ4v) is 1.85. The van der Waals surface area contributed by atoms with E-state index in [-0.39, 0.29) is 5.56 Å². The lowest BCUT2D eigenvalue weighted by Crippen LogP contribution is -2.12. The fraction of sp³-hybridized carbons (Fsp3) is 0.182. The zero-order valence-electron chi connectivity index (χ0n) is 9.02. The monoisotopic (exact) mass is 221 g/mol. The standard InChI is InChI=1S/C11H12FN3O/c1-4-7(12)3-6(11(14)16)10-8(4)9(13)5(2)15-10/h3,15H,13H2,1-2H3,(H2,14,16). The van der Waals surface area contributed by atoms with E-state index in [2.05, 4.69) is 4.98 Å². The molecule has 84 valence electrons.